The first kappa shape index (κ1) is 68.0. The topological polar surface area (TPSA) is 215 Å². The second kappa shape index (κ2) is 32.1. The van der Waals surface area contributed by atoms with Gasteiger partial charge in [0, 0.05) is 69.3 Å². The molecule has 0 saturated carbocycles. The molecule has 0 heterocycles. The zero-order chi connectivity index (χ0) is 58.2. The highest BCUT2D eigenvalue weighted by molar-refractivity contribution is 6.36. The van der Waals surface area contributed by atoms with Crippen molar-refractivity contribution in [3.63, 3.8) is 0 Å². The van der Waals surface area contributed by atoms with E-state index in [2.05, 4.69) is 88.9 Å². The number of unbranched alkanes of at least 4 members (excludes halogenated alkanes) is 6. The highest BCUT2D eigenvalue weighted by Gasteiger charge is 2.34. The van der Waals surface area contributed by atoms with Crippen LogP contribution >= 0.6 is 0 Å². The lowest BCUT2D eigenvalue weighted by molar-refractivity contribution is -0.163. The van der Waals surface area contributed by atoms with Gasteiger partial charge in [0.2, 0.25) is 23.6 Å². The molecule has 436 valence electrons. The fourth-order valence-corrected chi connectivity index (χ4v) is 9.18. The molecule has 5 N–H and O–H groups in total. The fourth-order valence-electron chi connectivity index (χ4n) is 9.18. The Hall–Kier alpha value is -5.08. The van der Waals surface area contributed by atoms with Crippen LogP contribution in [-0.2, 0) is 49.5 Å². The third-order valence-corrected chi connectivity index (χ3v) is 13.9. The summed E-state index contributed by atoms with van der Waals surface area (Å²) in [5, 5.41) is 14.8. The summed E-state index contributed by atoms with van der Waals surface area (Å²) in [5.41, 5.74) is 1.17. The largest absolute Gasteiger partial charge is 0.454 e. The zero-order valence-corrected chi connectivity index (χ0v) is 50.3. The molecule has 0 aromatic heterocycles. The number of Topliss-reactive ketones (excluding diaryl/α,β-unsaturated/α-hetero) is 2. The number of alkyl carbamates (subject to hydrolysis) is 1. The average Bonchev–Trinajstić information content (AvgIpc) is 3.74. The summed E-state index contributed by atoms with van der Waals surface area (Å²) in [5.74, 6) is -3.26. The van der Waals surface area contributed by atoms with Crippen molar-refractivity contribution in [2.75, 3.05) is 19.6 Å². The minimum atomic E-state index is -1.20. The Morgan fingerprint density at radius 1 is 0.558 bits per heavy atom. The van der Waals surface area contributed by atoms with E-state index in [0.717, 1.165) is 49.7 Å². The maximum atomic E-state index is 14.1. The molecule has 0 unspecified atom stereocenters. The second-order valence-electron chi connectivity index (χ2n) is 26.8. The highest BCUT2D eigenvalue weighted by atomic mass is 16.6. The maximum Gasteiger partial charge on any atom is 0.407 e. The van der Waals surface area contributed by atoms with Crippen LogP contribution in [0, 0.1) is 28.1 Å². The first-order valence-electron chi connectivity index (χ1n) is 28.8. The number of benzene rings is 1. The molecule has 15 heteroatoms. The van der Waals surface area contributed by atoms with E-state index in [1.54, 1.807) is 41.5 Å². The molecule has 0 bridgehead atoms. The number of rotatable bonds is 33. The fraction of sp³-hybridized carbons (Fsp3) is 0.742. The lowest BCUT2D eigenvalue weighted by atomic mass is 9.73. The molecule has 2 rings (SSSR count). The van der Waals surface area contributed by atoms with Crippen LogP contribution in [-0.4, -0.2) is 90.2 Å². The van der Waals surface area contributed by atoms with E-state index in [9.17, 15) is 38.4 Å². The van der Waals surface area contributed by atoms with Crippen LogP contribution in [0.5, 0.6) is 0 Å². The molecule has 1 aliphatic rings. The van der Waals surface area contributed by atoms with Crippen molar-refractivity contribution < 1.29 is 47.8 Å². The number of esters is 1. The summed E-state index contributed by atoms with van der Waals surface area (Å²) in [6.45, 7) is 31.0. The molecule has 4 atom stereocenters. The number of fused-ring (bicyclic) bond motifs is 1. The number of hydrogen-bond acceptors (Lipinski definition) is 10. The average molecular weight is 1080 g/mol. The Morgan fingerprint density at radius 2 is 1.14 bits per heavy atom. The van der Waals surface area contributed by atoms with Gasteiger partial charge in [-0.3, -0.25) is 28.8 Å². The molecule has 0 spiro atoms. The van der Waals surface area contributed by atoms with E-state index in [1.165, 1.54) is 0 Å². The van der Waals surface area contributed by atoms with Crippen molar-refractivity contribution >= 4 is 53.3 Å². The van der Waals surface area contributed by atoms with Crippen LogP contribution in [0.4, 0.5) is 4.79 Å². The summed E-state index contributed by atoms with van der Waals surface area (Å²) in [7, 11) is 0. The Bertz CT molecular complexity index is 2110. The van der Waals surface area contributed by atoms with Gasteiger partial charge in [-0.25, -0.2) is 9.59 Å². The van der Waals surface area contributed by atoms with Gasteiger partial charge in [-0.1, -0.05) is 112 Å². The predicted molar refractivity (Wildman–Crippen MR) is 307 cm³/mol. The van der Waals surface area contributed by atoms with Gasteiger partial charge in [0.05, 0.1) is 6.04 Å². The van der Waals surface area contributed by atoms with Gasteiger partial charge in [-0.15, -0.1) is 0 Å². The number of nitrogens with one attached hydrogen (secondary N) is 5. The molecule has 1 aromatic carbocycles. The van der Waals surface area contributed by atoms with Crippen LogP contribution in [0.1, 0.15) is 231 Å². The first-order chi connectivity index (χ1) is 35.6. The normalized spacial score (nSPS) is 14.5. The molecule has 1 aromatic rings. The van der Waals surface area contributed by atoms with Gasteiger partial charge in [0.1, 0.15) is 17.0 Å². The maximum absolute atomic E-state index is 14.1. The van der Waals surface area contributed by atoms with Gasteiger partial charge >= 0.3 is 12.1 Å². The molecule has 1 aliphatic carbocycles. The van der Waals surface area contributed by atoms with Gasteiger partial charge < -0.3 is 36.1 Å². The summed E-state index contributed by atoms with van der Waals surface area (Å²) < 4.78 is 10.7. The quantitative estimate of drug-likeness (QED) is 0.0255. The van der Waals surface area contributed by atoms with Gasteiger partial charge in [0.25, 0.3) is 5.78 Å². The summed E-state index contributed by atoms with van der Waals surface area (Å²) in [4.78, 5) is 106. The van der Waals surface area contributed by atoms with E-state index in [4.69, 9.17) is 9.47 Å². The smallest absolute Gasteiger partial charge is 0.407 e. The number of ketones is 2. The molecule has 0 saturated heterocycles. The third kappa shape index (κ3) is 30.0. The van der Waals surface area contributed by atoms with Crippen molar-refractivity contribution in [3.05, 3.63) is 41.0 Å². The van der Waals surface area contributed by atoms with Gasteiger partial charge in [0.15, 0.2) is 0 Å². The van der Waals surface area contributed by atoms with E-state index >= 15 is 0 Å². The van der Waals surface area contributed by atoms with E-state index in [-0.39, 0.29) is 71.0 Å². The third-order valence-electron chi connectivity index (χ3n) is 13.9. The highest BCUT2D eigenvalue weighted by Crippen LogP contribution is 2.36. The van der Waals surface area contributed by atoms with Gasteiger partial charge in [-0.05, 0) is 145 Å². The molecule has 0 radical (unpaired) electrons. The number of carbonyl (C=O) groups excluding carboxylic acids is 8. The molecular weight excluding hydrogens is 975 g/mol. The van der Waals surface area contributed by atoms with Crippen LogP contribution in [0.15, 0.2) is 29.8 Å². The van der Waals surface area contributed by atoms with E-state index < -0.39 is 46.9 Å². The van der Waals surface area contributed by atoms with E-state index in [0.29, 0.717) is 89.4 Å². The Labute approximate surface area is 463 Å². The number of ether oxygens (including phenoxy) is 2. The van der Waals surface area contributed by atoms with Crippen molar-refractivity contribution in [2.24, 2.45) is 28.1 Å². The monoisotopic (exact) mass is 1080 g/mol. The number of amides is 5. The number of carbonyl (C=O) groups is 8. The van der Waals surface area contributed by atoms with Crippen molar-refractivity contribution in [2.45, 2.75) is 249 Å². The SMILES string of the molecule is CC(C)(C)CC[C@H](CC(=O)N[C@@H](CCC(=O)NCCCCCCCC(=O)C[C@@H](CCCCNC(=O)OC(C)(C)C)C(=O)N[C@@H](CCCCNC(=O)C1=Cc2ccccc2C1)C(=O)C(=O)OC(C)(C)C)C(C)(C)C)C(C)(C)C. The van der Waals surface area contributed by atoms with Crippen LogP contribution in [0.3, 0.4) is 0 Å². The lowest BCUT2D eigenvalue weighted by Crippen LogP contribution is -2.48. The summed E-state index contributed by atoms with van der Waals surface area (Å²) in [6, 6.07) is 6.50. The van der Waals surface area contributed by atoms with Crippen molar-refractivity contribution in [1.82, 2.24) is 26.6 Å². The lowest BCUT2D eigenvalue weighted by Gasteiger charge is -2.35. The van der Waals surface area contributed by atoms with E-state index in [1.807, 2.05) is 30.3 Å². The Morgan fingerprint density at radius 3 is 1.75 bits per heavy atom. The summed E-state index contributed by atoms with van der Waals surface area (Å²) >= 11 is 0. The van der Waals surface area contributed by atoms with Crippen LogP contribution in [0.25, 0.3) is 6.08 Å². The summed E-state index contributed by atoms with van der Waals surface area (Å²) in [6.07, 6.45) is 11.7. The first-order valence-corrected chi connectivity index (χ1v) is 28.8. The molecule has 77 heavy (non-hydrogen) atoms. The molecule has 5 amide bonds. The number of hydrogen-bond donors (Lipinski definition) is 5. The molecule has 0 fully saturated rings. The van der Waals surface area contributed by atoms with Crippen LogP contribution < -0.4 is 26.6 Å². The Balaban J connectivity index is 1.94. The molecular formula is C62H103N5O10. The predicted octanol–water partition coefficient (Wildman–Crippen LogP) is 11.2. The minimum absolute atomic E-state index is 0.00356. The zero-order valence-electron chi connectivity index (χ0n) is 50.3. The Kier molecular flexibility index (Phi) is 28.4. The second-order valence-corrected chi connectivity index (χ2v) is 26.8. The van der Waals surface area contributed by atoms with Crippen molar-refractivity contribution in [3.8, 4) is 0 Å². The standard InChI is InChI=1S/C62H103N5O10/c1-58(2,3)35-34-47(59(4,5)6)42-52(70)67-50(60(7,8)9)32-33-51(69)63-36-24-18-16-17-19-30-48(68)41-45(29-22-25-38-65-57(75)77-62(13,14)15)55(73)66-49(53(71)56(74)76-61(10,11)12)31-23-26-37-64-54(72)46-39-43-27-20-21-28-44(43)40-46/h20-21,27-28,39,45,47,49-50H,16-19,22-26,29-38,40-42H2,1-15H3,(H,63,69)(H,64,72)(H,65,75)(H,66,73)(H,67,70)/t45-,47-,49+,50+/m1/s1. The van der Waals surface area contributed by atoms with Gasteiger partial charge in [-0.2, -0.15) is 0 Å². The minimum Gasteiger partial charge on any atom is -0.454 e. The molecule has 15 nitrogen and oxygen atoms in total. The van der Waals surface area contributed by atoms with Crippen LogP contribution in [0.2, 0.25) is 0 Å². The van der Waals surface area contributed by atoms with Crippen molar-refractivity contribution in [1.29, 1.82) is 0 Å². The molecule has 0 aliphatic heterocycles.